The summed E-state index contributed by atoms with van der Waals surface area (Å²) in [7, 11) is 1.60. The summed E-state index contributed by atoms with van der Waals surface area (Å²) in [4.78, 5) is 14.6. The van der Waals surface area contributed by atoms with Gasteiger partial charge in [-0.05, 0) is 23.8 Å². The quantitative estimate of drug-likeness (QED) is 0.909. The normalized spacial score (nSPS) is 13.9. The van der Waals surface area contributed by atoms with Gasteiger partial charge in [0.25, 0.3) is 0 Å². The molecule has 0 saturated heterocycles. The molecule has 0 radical (unpaired) electrons. The third-order valence-electron chi connectivity index (χ3n) is 3.92. The Morgan fingerprint density at radius 1 is 1.22 bits per heavy atom. The fourth-order valence-electron chi connectivity index (χ4n) is 2.80. The molecular formula is C18H21N3O2. The molecule has 2 aromatic rings. The van der Waals surface area contributed by atoms with Crippen LogP contribution in [0, 0.1) is 0 Å². The molecule has 0 aromatic heterocycles. The number of rotatable bonds is 4. The van der Waals surface area contributed by atoms with E-state index in [9.17, 15) is 4.79 Å². The molecule has 0 spiro atoms. The summed E-state index contributed by atoms with van der Waals surface area (Å²) in [6, 6.07) is 15.6. The minimum Gasteiger partial charge on any atom is -0.495 e. The van der Waals surface area contributed by atoms with Crippen molar-refractivity contribution in [3.63, 3.8) is 0 Å². The van der Waals surface area contributed by atoms with Crippen molar-refractivity contribution in [3.05, 3.63) is 54.1 Å². The zero-order valence-corrected chi connectivity index (χ0v) is 13.2. The summed E-state index contributed by atoms with van der Waals surface area (Å²) in [5.74, 6) is 0.616. The van der Waals surface area contributed by atoms with Crippen LogP contribution >= 0.6 is 0 Å². The Labute approximate surface area is 136 Å². The molecule has 120 valence electrons. The number of carbonyl (C=O) groups excluding carboxylic acids is 1. The number of amides is 1. The van der Waals surface area contributed by atoms with Gasteiger partial charge in [0, 0.05) is 25.3 Å². The Morgan fingerprint density at radius 2 is 2.00 bits per heavy atom. The van der Waals surface area contributed by atoms with Crippen LogP contribution in [0.15, 0.2) is 48.5 Å². The van der Waals surface area contributed by atoms with Crippen LogP contribution in [0.5, 0.6) is 5.75 Å². The van der Waals surface area contributed by atoms with Gasteiger partial charge in [0.15, 0.2) is 0 Å². The van der Waals surface area contributed by atoms with Gasteiger partial charge in [0.2, 0.25) is 5.91 Å². The first kappa shape index (κ1) is 15.4. The summed E-state index contributed by atoms with van der Waals surface area (Å²) < 4.78 is 5.27. The molecule has 1 heterocycles. The Hall–Kier alpha value is -2.53. The monoisotopic (exact) mass is 311 g/mol. The molecular weight excluding hydrogens is 290 g/mol. The maximum absolute atomic E-state index is 12.4. The van der Waals surface area contributed by atoms with Gasteiger partial charge in [-0.2, -0.15) is 0 Å². The molecule has 5 heteroatoms. The van der Waals surface area contributed by atoms with Crippen molar-refractivity contribution in [2.24, 2.45) is 0 Å². The molecule has 0 atom stereocenters. The second kappa shape index (κ2) is 7.15. The SMILES string of the molecule is COc1ccccc1NC(=O)CN1CCNCc2ccccc21. The molecule has 0 bridgehead atoms. The van der Waals surface area contributed by atoms with Gasteiger partial charge in [-0.15, -0.1) is 0 Å². The Morgan fingerprint density at radius 3 is 2.87 bits per heavy atom. The highest BCUT2D eigenvalue weighted by atomic mass is 16.5. The topological polar surface area (TPSA) is 53.6 Å². The van der Waals surface area contributed by atoms with Gasteiger partial charge in [0.05, 0.1) is 19.3 Å². The lowest BCUT2D eigenvalue weighted by molar-refractivity contribution is -0.115. The fourth-order valence-corrected chi connectivity index (χ4v) is 2.80. The number of hydrogen-bond donors (Lipinski definition) is 2. The van der Waals surface area contributed by atoms with Crippen LogP contribution < -0.4 is 20.3 Å². The van der Waals surface area contributed by atoms with Gasteiger partial charge >= 0.3 is 0 Å². The van der Waals surface area contributed by atoms with Crippen LogP contribution in [0.3, 0.4) is 0 Å². The van der Waals surface area contributed by atoms with E-state index in [1.165, 1.54) is 5.56 Å². The minimum atomic E-state index is -0.0498. The number of ether oxygens (including phenoxy) is 1. The van der Waals surface area contributed by atoms with Crippen LogP contribution in [0.25, 0.3) is 0 Å². The van der Waals surface area contributed by atoms with Gasteiger partial charge in [0.1, 0.15) is 5.75 Å². The number of nitrogens with one attached hydrogen (secondary N) is 2. The van der Waals surface area contributed by atoms with Crippen LogP contribution in [0.2, 0.25) is 0 Å². The van der Waals surface area contributed by atoms with Crippen molar-refractivity contribution in [2.75, 3.05) is 37.0 Å². The molecule has 0 fully saturated rings. The lowest BCUT2D eigenvalue weighted by Crippen LogP contribution is -2.36. The van der Waals surface area contributed by atoms with Gasteiger partial charge in [-0.25, -0.2) is 0 Å². The van der Waals surface area contributed by atoms with Crippen LogP contribution in [-0.4, -0.2) is 32.7 Å². The van der Waals surface area contributed by atoms with E-state index in [1.54, 1.807) is 7.11 Å². The lowest BCUT2D eigenvalue weighted by Gasteiger charge is -2.24. The van der Waals surface area contributed by atoms with Crippen LogP contribution in [0.4, 0.5) is 11.4 Å². The molecule has 1 amide bonds. The molecule has 2 aromatic carbocycles. The highest BCUT2D eigenvalue weighted by Gasteiger charge is 2.17. The summed E-state index contributed by atoms with van der Waals surface area (Å²) in [6.45, 7) is 2.81. The van der Waals surface area contributed by atoms with Crippen molar-refractivity contribution in [1.82, 2.24) is 5.32 Å². The predicted octanol–water partition coefficient (Wildman–Crippen LogP) is 2.24. The van der Waals surface area contributed by atoms with Gasteiger partial charge in [-0.1, -0.05) is 30.3 Å². The Balaban J connectivity index is 1.73. The van der Waals surface area contributed by atoms with Crippen molar-refractivity contribution < 1.29 is 9.53 Å². The predicted molar refractivity (Wildman–Crippen MR) is 92.0 cm³/mol. The van der Waals surface area contributed by atoms with Crippen molar-refractivity contribution in [3.8, 4) is 5.75 Å². The zero-order valence-electron chi connectivity index (χ0n) is 13.2. The Bertz CT molecular complexity index is 687. The lowest BCUT2D eigenvalue weighted by atomic mass is 10.1. The largest absolute Gasteiger partial charge is 0.495 e. The average Bonchev–Trinajstić information content (AvgIpc) is 2.78. The zero-order chi connectivity index (χ0) is 16.1. The van der Waals surface area contributed by atoms with E-state index in [2.05, 4.69) is 27.7 Å². The molecule has 3 rings (SSSR count). The maximum atomic E-state index is 12.4. The molecule has 2 N–H and O–H groups in total. The van der Waals surface area contributed by atoms with Crippen LogP contribution in [-0.2, 0) is 11.3 Å². The molecule has 1 aliphatic rings. The number of benzene rings is 2. The molecule has 0 aliphatic carbocycles. The third-order valence-corrected chi connectivity index (χ3v) is 3.92. The molecule has 23 heavy (non-hydrogen) atoms. The second-order valence-electron chi connectivity index (χ2n) is 5.48. The number of hydrogen-bond acceptors (Lipinski definition) is 4. The number of anilines is 2. The summed E-state index contributed by atoms with van der Waals surface area (Å²) in [5.41, 5.74) is 3.03. The third kappa shape index (κ3) is 3.63. The van der Waals surface area contributed by atoms with E-state index in [4.69, 9.17) is 4.74 Å². The highest BCUT2D eigenvalue weighted by molar-refractivity contribution is 5.95. The maximum Gasteiger partial charge on any atom is 0.243 e. The standard InChI is InChI=1S/C18H21N3O2/c1-23-17-9-5-3-7-15(17)20-18(22)13-21-11-10-19-12-14-6-2-4-8-16(14)21/h2-9,19H,10-13H2,1H3,(H,20,22). The number of methoxy groups -OCH3 is 1. The van der Waals surface area contributed by atoms with E-state index in [0.29, 0.717) is 18.0 Å². The fraction of sp³-hybridized carbons (Fsp3) is 0.278. The smallest absolute Gasteiger partial charge is 0.243 e. The number of nitrogens with zero attached hydrogens (tertiary/aromatic N) is 1. The first-order chi connectivity index (χ1) is 11.3. The van der Waals surface area contributed by atoms with E-state index in [1.807, 2.05) is 36.4 Å². The van der Waals surface area contributed by atoms with E-state index in [0.717, 1.165) is 25.3 Å². The van der Waals surface area contributed by atoms with E-state index >= 15 is 0 Å². The summed E-state index contributed by atoms with van der Waals surface area (Å²) in [5, 5.41) is 6.32. The number of fused-ring (bicyclic) bond motifs is 1. The molecule has 0 unspecified atom stereocenters. The van der Waals surface area contributed by atoms with Crippen molar-refractivity contribution in [2.45, 2.75) is 6.54 Å². The Kier molecular flexibility index (Phi) is 4.78. The number of para-hydroxylation sites is 3. The summed E-state index contributed by atoms with van der Waals surface area (Å²) >= 11 is 0. The van der Waals surface area contributed by atoms with E-state index in [-0.39, 0.29) is 5.91 Å². The highest BCUT2D eigenvalue weighted by Crippen LogP contribution is 2.24. The van der Waals surface area contributed by atoms with Crippen molar-refractivity contribution >= 4 is 17.3 Å². The molecule has 5 nitrogen and oxygen atoms in total. The van der Waals surface area contributed by atoms with Gasteiger partial charge in [-0.3, -0.25) is 4.79 Å². The van der Waals surface area contributed by atoms with Crippen molar-refractivity contribution in [1.29, 1.82) is 0 Å². The second-order valence-corrected chi connectivity index (χ2v) is 5.48. The van der Waals surface area contributed by atoms with Crippen LogP contribution in [0.1, 0.15) is 5.56 Å². The first-order valence-corrected chi connectivity index (χ1v) is 7.74. The molecule has 0 saturated carbocycles. The average molecular weight is 311 g/mol. The summed E-state index contributed by atoms with van der Waals surface area (Å²) in [6.07, 6.45) is 0. The minimum absolute atomic E-state index is 0.0498. The first-order valence-electron chi connectivity index (χ1n) is 7.74. The van der Waals surface area contributed by atoms with Gasteiger partial charge < -0.3 is 20.3 Å². The van der Waals surface area contributed by atoms with E-state index < -0.39 is 0 Å². The molecule has 1 aliphatic heterocycles. The number of carbonyl (C=O) groups is 1.